The third-order valence-corrected chi connectivity index (χ3v) is 3.16. The molecule has 0 unspecified atom stereocenters. The molecule has 0 aliphatic rings. The first-order valence-corrected chi connectivity index (χ1v) is 6.62. The fourth-order valence-corrected chi connectivity index (χ4v) is 2.07. The van der Waals surface area contributed by atoms with Gasteiger partial charge in [-0.25, -0.2) is 4.98 Å². The lowest BCUT2D eigenvalue weighted by molar-refractivity contribution is -0.120. The van der Waals surface area contributed by atoms with Crippen molar-refractivity contribution in [1.29, 1.82) is 0 Å². The van der Waals surface area contributed by atoms with Crippen LogP contribution in [0.1, 0.15) is 10.6 Å². The summed E-state index contributed by atoms with van der Waals surface area (Å²) in [6.07, 6.45) is 1.76. The van der Waals surface area contributed by atoms with Crippen LogP contribution in [0.25, 0.3) is 0 Å². The second-order valence-electron chi connectivity index (χ2n) is 3.79. The topological polar surface area (TPSA) is 54.0 Å². The Hall–Kier alpha value is -1.72. The van der Waals surface area contributed by atoms with Crippen molar-refractivity contribution in [2.45, 2.75) is 13.1 Å². The SMILES string of the molecule is O=C(CNCc1nccs1)NCc1ccccc1. The highest BCUT2D eigenvalue weighted by molar-refractivity contribution is 7.09. The van der Waals surface area contributed by atoms with Crippen molar-refractivity contribution in [3.63, 3.8) is 0 Å². The zero-order chi connectivity index (χ0) is 12.6. The molecule has 0 spiro atoms. The smallest absolute Gasteiger partial charge is 0.234 e. The molecule has 1 heterocycles. The average Bonchev–Trinajstić information content (AvgIpc) is 2.91. The number of hydrogen-bond donors (Lipinski definition) is 2. The average molecular weight is 261 g/mol. The van der Waals surface area contributed by atoms with Gasteiger partial charge in [0.05, 0.1) is 6.54 Å². The summed E-state index contributed by atoms with van der Waals surface area (Å²) in [5.41, 5.74) is 1.10. The number of carbonyl (C=O) groups excluding carboxylic acids is 1. The van der Waals surface area contributed by atoms with Crippen LogP contribution in [0, 0.1) is 0 Å². The van der Waals surface area contributed by atoms with Crippen LogP contribution in [0.15, 0.2) is 41.9 Å². The molecule has 1 aromatic heterocycles. The second-order valence-corrected chi connectivity index (χ2v) is 4.77. The lowest BCUT2D eigenvalue weighted by atomic mass is 10.2. The van der Waals surface area contributed by atoms with Gasteiger partial charge in [-0.3, -0.25) is 4.79 Å². The minimum absolute atomic E-state index is 0.00425. The number of rotatable bonds is 6. The van der Waals surface area contributed by atoms with Crippen molar-refractivity contribution < 1.29 is 4.79 Å². The van der Waals surface area contributed by atoms with Gasteiger partial charge < -0.3 is 10.6 Å². The van der Waals surface area contributed by atoms with E-state index in [1.807, 2.05) is 35.7 Å². The number of nitrogens with one attached hydrogen (secondary N) is 2. The molecule has 94 valence electrons. The molecular formula is C13H15N3OS. The number of benzene rings is 1. The summed E-state index contributed by atoms with van der Waals surface area (Å²) in [6.45, 7) is 1.52. The van der Waals surface area contributed by atoms with Gasteiger partial charge in [0, 0.05) is 24.7 Å². The minimum Gasteiger partial charge on any atom is -0.351 e. The molecule has 0 aliphatic heterocycles. The Balaban J connectivity index is 1.63. The molecule has 2 N–H and O–H groups in total. The fourth-order valence-electron chi connectivity index (χ4n) is 1.48. The fraction of sp³-hybridized carbons (Fsp3) is 0.231. The lowest BCUT2D eigenvalue weighted by Gasteiger charge is -2.05. The predicted molar refractivity (Wildman–Crippen MR) is 72.1 cm³/mol. The second kappa shape index (κ2) is 6.88. The van der Waals surface area contributed by atoms with Crippen molar-refractivity contribution >= 4 is 17.2 Å². The van der Waals surface area contributed by atoms with Crippen LogP contribution in [0.3, 0.4) is 0 Å². The van der Waals surface area contributed by atoms with Gasteiger partial charge in [-0.05, 0) is 5.56 Å². The summed E-state index contributed by atoms with van der Waals surface area (Å²) < 4.78 is 0. The van der Waals surface area contributed by atoms with Crippen LogP contribution < -0.4 is 10.6 Å². The minimum atomic E-state index is -0.00425. The molecule has 0 saturated heterocycles. The zero-order valence-electron chi connectivity index (χ0n) is 9.93. The van der Waals surface area contributed by atoms with Crippen LogP contribution in [-0.2, 0) is 17.9 Å². The number of hydrogen-bond acceptors (Lipinski definition) is 4. The van der Waals surface area contributed by atoms with E-state index in [1.54, 1.807) is 17.5 Å². The molecule has 2 aromatic rings. The van der Waals surface area contributed by atoms with Crippen molar-refractivity contribution in [3.05, 3.63) is 52.5 Å². The first-order valence-electron chi connectivity index (χ1n) is 5.74. The molecule has 2 rings (SSSR count). The first-order chi connectivity index (χ1) is 8.84. The summed E-state index contributed by atoms with van der Waals surface area (Å²) in [4.78, 5) is 15.7. The molecule has 0 radical (unpaired) electrons. The monoisotopic (exact) mass is 261 g/mol. The Morgan fingerprint density at radius 1 is 1.22 bits per heavy atom. The first kappa shape index (κ1) is 12.7. The van der Waals surface area contributed by atoms with E-state index in [2.05, 4.69) is 15.6 Å². The Labute approximate surface area is 110 Å². The summed E-state index contributed by atoms with van der Waals surface area (Å²) >= 11 is 1.58. The van der Waals surface area contributed by atoms with Crippen molar-refractivity contribution in [2.75, 3.05) is 6.54 Å². The number of aromatic nitrogens is 1. The molecule has 0 bridgehead atoms. The third-order valence-electron chi connectivity index (χ3n) is 2.38. The molecule has 0 fully saturated rings. The maximum Gasteiger partial charge on any atom is 0.234 e. The van der Waals surface area contributed by atoms with Crippen molar-refractivity contribution in [3.8, 4) is 0 Å². The number of thiazole rings is 1. The van der Waals surface area contributed by atoms with Crippen LogP contribution in [0.2, 0.25) is 0 Å². The number of amides is 1. The summed E-state index contributed by atoms with van der Waals surface area (Å²) in [6, 6.07) is 9.86. The van der Waals surface area contributed by atoms with E-state index in [1.165, 1.54) is 0 Å². The van der Waals surface area contributed by atoms with Gasteiger partial charge >= 0.3 is 0 Å². The third kappa shape index (κ3) is 4.27. The molecule has 0 aliphatic carbocycles. The highest BCUT2D eigenvalue weighted by Gasteiger charge is 2.01. The van der Waals surface area contributed by atoms with E-state index in [0.29, 0.717) is 19.6 Å². The van der Waals surface area contributed by atoms with E-state index < -0.39 is 0 Å². The summed E-state index contributed by atoms with van der Waals surface area (Å²) in [7, 11) is 0. The quantitative estimate of drug-likeness (QED) is 0.829. The summed E-state index contributed by atoms with van der Waals surface area (Å²) in [5.74, 6) is -0.00425. The molecular weight excluding hydrogens is 246 g/mol. The highest BCUT2D eigenvalue weighted by Crippen LogP contribution is 2.02. The normalized spacial score (nSPS) is 10.2. The van der Waals surface area contributed by atoms with E-state index in [9.17, 15) is 4.79 Å². The predicted octanol–water partition coefficient (Wildman–Crippen LogP) is 1.55. The highest BCUT2D eigenvalue weighted by atomic mass is 32.1. The standard InChI is InChI=1S/C13H15N3OS/c17-12(9-14-10-13-15-6-7-18-13)16-8-11-4-2-1-3-5-11/h1-7,14H,8-10H2,(H,16,17). The maximum atomic E-state index is 11.6. The molecule has 0 atom stereocenters. The summed E-state index contributed by atoms with van der Waals surface area (Å²) in [5, 5.41) is 8.83. The van der Waals surface area contributed by atoms with Crippen LogP contribution in [0.4, 0.5) is 0 Å². The van der Waals surface area contributed by atoms with Gasteiger partial charge in [0.2, 0.25) is 5.91 Å². The van der Waals surface area contributed by atoms with Gasteiger partial charge in [0.15, 0.2) is 0 Å². The van der Waals surface area contributed by atoms with Gasteiger partial charge in [-0.15, -0.1) is 11.3 Å². The maximum absolute atomic E-state index is 11.6. The van der Waals surface area contributed by atoms with E-state index in [4.69, 9.17) is 0 Å². The Morgan fingerprint density at radius 2 is 2.06 bits per heavy atom. The van der Waals surface area contributed by atoms with Crippen LogP contribution in [-0.4, -0.2) is 17.4 Å². The van der Waals surface area contributed by atoms with Crippen LogP contribution >= 0.6 is 11.3 Å². The molecule has 1 amide bonds. The molecule has 5 heteroatoms. The molecule has 1 aromatic carbocycles. The van der Waals surface area contributed by atoms with Gasteiger partial charge in [-0.1, -0.05) is 30.3 Å². The zero-order valence-corrected chi connectivity index (χ0v) is 10.7. The Bertz CT molecular complexity index is 470. The van der Waals surface area contributed by atoms with Crippen molar-refractivity contribution in [1.82, 2.24) is 15.6 Å². The molecule has 4 nitrogen and oxygen atoms in total. The molecule has 18 heavy (non-hydrogen) atoms. The van der Waals surface area contributed by atoms with Crippen LogP contribution in [0.5, 0.6) is 0 Å². The number of carbonyl (C=O) groups is 1. The largest absolute Gasteiger partial charge is 0.351 e. The van der Waals surface area contributed by atoms with Crippen molar-refractivity contribution in [2.24, 2.45) is 0 Å². The van der Waals surface area contributed by atoms with Gasteiger partial charge in [0.1, 0.15) is 5.01 Å². The molecule has 0 saturated carbocycles. The lowest BCUT2D eigenvalue weighted by Crippen LogP contribution is -2.33. The van der Waals surface area contributed by atoms with E-state index in [-0.39, 0.29) is 5.91 Å². The van der Waals surface area contributed by atoms with E-state index >= 15 is 0 Å². The Morgan fingerprint density at radius 3 is 2.78 bits per heavy atom. The van der Waals surface area contributed by atoms with Gasteiger partial charge in [0.25, 0.3) is 0 Å². The van der Waals surface area contributed by atoms with Gasteiger partial charge in [-0.2, -0.15) is 0 Å². The van der Waals surface area contributed by atoms with E-state index in [0.717, 1.165) is 10.6 Å². The number of nitrogens with zero attached hydrogens (tertiary/aromatic N) is 1. The Kier molecular flexibility index (Phi) is 4.87.